The molecule has 0 bridgehead atoms. The molecular weight excluding hydrogens is 234 g/mol. The molecule has 0 unspecified atom stereocenters. The van der Waals surface area contributed by atoms with E-state index in [0.717, 1.165) is 22.2 Å². The zero-order chi connectivity index (χ0) is 12.6. The first-order valence-corrected chi connectivity index (χ1v) is 7.40. The monoisotopic (exact) mass is 251 g/mol. The number of hydrogen-bond acceptors (Lipinski definition) is 2. The van der Waals surface area contributed by atoms with Gasteiger partial charge in [-0.15, -0.1) is 0 Å². The molecule has 0 saturated heterocycles. The van der Waals surface area contributed by atoms with Crippen LogP contribution in [0.3, 0.4) is 0 Å². The second kappa shape index (κ2) is 4.18. The lowest BCUT2D eigenvalue weighted by Gasteiger charge is -2.05. The average Bonchev–Trinajstić information content (AvgIpc) is 2.60. The molecule has 0 radical (unpaired) electrons. The zero-order valence-electron chi connectivity index (χ0n) is 10.3. The number of benzene rings is 1. The van der Waals surface area contributed by atoms with Crippen LogP contribution in [0, 0.1) is 6.92 Å². The van der Waals surface area contributed by atoms with Gasteiger partial charge in [0.2, 0.25) is 0 Å². The number of H-pyrrole nitrogens is 1. The van der Waals surface area contributed by atoms with Crippen LogP contribution in [-0.4, -0.2) is 18.7 Å². The minimum atomic E-state index is -3.04. The Morgan fingerprint density at radius 3 is 2.59 bits per heavy atom. The number of hydrogen-bond donors (Lipinski definition) is 1. The molecular formula is C13H17NO2S. The summed E-state index contributed by atoms with van der Waals surface area (Å²) in [6, 6.07) is 7.90. The van der Waals surface area contributed by atoms with Gasteiger partial charge in [-0.1, -0.05) is 18.2 Å². The average molecular weight is 251 g/mol. The number of aromatic amines is 1. The van der Waals surface area contributed by atoms with E-state index in [4.69, 9.17) is 0 Å². The lowest BCUT2D eigenvalue weighted by atomic mass is 10.2. The van der Waals surface area contributed by atoms with Gasteiger partial charge in [0.25, 0.3) is 0 Å². The summed E-state index contributed by atoms with van der Waals surface area (Å²) in [7, 11) is -3.04. The number of fused-ring (bicyclic) bond motifs is 1. The molecule has 0 spiro atoms. The number of sulfone groups is 1. The molecule has 3 nitrogen and oxygen atoms in total. The number of rotatable bonds is 3. The first-order chi connectivity index (χ1) is 7.90. The minimum Gasteiger partial charge on any atom is -0.357 e. The third-order valence-corrected chi connectivity index (χ3v) is 5.15. The van der Waals surface area contributed by atoms with E-state index in [0.29, 0.717) is 0 Å². The molecule has 4 heteroatoms. The molecule has 1 N–H and O–H groups in total. The van der Waals surface area contributed by atoms with Crippen molar-refractivity contribution in [3.8, 4) is 0 Å². The van der Waals surface area contributed by atoms with E-state index < -0.39 is 9.84 Å². The van der Waals surface area contributed by atoms with E-state index in [1.807, 2.05) is 31.2 Å². The van der Waals surface area contributed by atoms with Crippen molar-refractivity contribution in [3.63, 3.8) is 0 Å². The summed E-state index contributed by atoms with van der Waals surface area (Å²) in [4.78, 5) is 3.20. The first-order valence-electron chi connectivity index (χ1n) is 5.69. The maximum Gasteiger partial charge on any atom is 0.158 e. The Bertz CT molecular complexity index is 638. The van der Waals surface area contributed by atoms with Crippen LogP contribution in [0.15, 0.2) is 24.3 Å². The molecule has 1 aromatic heterocycles. The Balaban J connectivity index is 2.42. The van der Waals surface area contributed by atoms with Gasteiger partial charge in [-0.2, -0.15) is 0 Å². The van der Waals surface area contributed by atoms with Gasteiger partial charge in [0, 0.05) is 11.2 Å². The predicted molar refractivity (Wildman–Crippen MR) is 70.8 cm³/mol. The lowest BCUT2D eigenvalue weighted by Crippen LogP contribution is -2.16. The van der Waals surface area contributed by atoms with E-state index >= 15 is 0 Å². The van der Waals surface area contributed by atoms with Gasteiger partial charge in [-0.05, 0) is 37.8 Å². The van der Waals surface area contributed by atoms with Gasteiger partial charge in [0.05, 0.1) is 11.0 Å². The van der Waals surface area contributed by atoms with Gasteiger partial charge < -0.3 is 4.98 Å². The molecule has 0 fully saturated rings. The summed E-state index contributed by atoms with van der Waals surface area (Å²) in [5.41, 5.74) is 2.93. The van der Waals surface area contributed by atoms with Crippen LogP contribution in [-0.2, 0) is 15.6 Å². The Kier molecular flexibility index (Phi) is 3.00. The van der Waals surface area contributed by atoms with Crippen molar-refractivity contribution >= 4 is 20.7 Å². The highest BCUT2D eigenvalue weighted by molar-refractivity contribution is 7.91. The third-order valence-electron chi connectivity index (χ3n) is 3.00. The van der Waals surface area contributed by atoms with Crippen molar-refractivity contribution in [1.29, 1.82) is 0 Å². The first kappa shape index (κ1) is 12.2. The molecule has 2 rings (SSSR count). The summed E-state index contributed by atoms with van der Waals surface area (Å²) < 4.78 is 23.7. The van der Waals surface area contributed by atoms with Crippen molar-refractivity contribution < 1.29 is 8.42 Å². The van der Waals surface area contributed by atoms with E-state index in [9.17, 15) is 8.42 Å². The Hall–Kier alpha value is -1.29. The van der Waals surface area contributed by atoms with Crippen molar-refractivity contribution in [2.75, 3.05) is 0 Å². The zero-order valence-corrected chi connectivity index (χ0v) is 11.1. The Morgan fingerprint density at radius 1 is 1.29 bits per heavy atom. The van der Waals surface area contributed by atoms with Gasteiger partial charge in [-0.25, -0.2) is 8.42 Å². The van der Waals surface area contributed by atoms with Crippen LogP contribution in [0.1, 0.15) is 25.1 Å². The Labute approximate surface area is 102 Å². The summed E-state index contributed by atoms with van der Waals surface area (Å²) in [5.74, 6) is 0.0821. The van der Waals surface area contributed by atoms with E-state index in [2.05, 4.69) is 4.98 Å². The van der Waals surface area contributed by atoms with Gasteiger partial charge in [0.15, 0.2) is 9.84 Å². The molecule has 2 aromatic rings. The molecule has 0 saturated carbocycles. The highest BCUT2D eigenvalue weighted by atomic mass is 32.2. The number of nitrogens with one attached hydrogen (secondary N) is 1. The summed E-state index contributed by atoms with van der Waals surface area (Å²) in [6.07, 6.45) is 0. The largest absolute Gasteiger partial charge is 0.357 e. The maximum absolute atomic E-state index is 11.8. The molecule has 1 aromatic carbocycles. The van der Waals surface area contributed by atoms with Gasteiger partial charge in [-0.3, -0.25) is 0 Å². The van der Waals surface area contributed by atoms with Crippen LogP contribution in [0.4, 0.5) is 0 Å². The fraction of sp³-hybridized carbons (Fsp3) is 0.385. The molecule has 17 heavy (non-hydrogen) atoms. The molecule has 0 amide bonds. The lowest BCUT2D eigenvalue weighted by molar-refractivity contribution is 0.586. The molecule has 1 heterocycles. The quantitative estimate of drug-likeness (QED) is 0.912. The summed E-state index contributed by atoms with van der Waals surface area (Å²) in [6.45, 7) is 5.44. The fourth-order valence-electron chi connectivity index (χ4n) is 1.83. The molecule has 92 valence electrons. The van der Waals surface area contributed by atoms with E-state index in [-0.39, 0.29) is 11.0 Å². The second-order valence-electron chi connectivity index (χ2n) is 4.69. The van der Waals surface area contributed by atoms with Crippen molar-refractivity contribution in [2.24, 2.45) is 0 Å². The molecule has 0 atom stereocenters. The highest BCUT2D eigenvalue weighted by Gasteiger charge is 2.18. The van der Waals surface area contributed by atoms with Crippen LogP contribution in [0.25, 0.3) is 10.9 Å². The highest BCUT2D eigenvalue weighted by Crippen LogP contribution is 2.20. The minimum absolute atomic E-state index is 0.0821. The summed E-state index contributed by atoms with van der Waals surface area (Å²) >= 11 is 0. The standard InChI is InChI=1S/C13H17NO2S/c1-9(2)17(15,16)8-12-7-11-6-4-5-10(3)13(11)14-12/h4-7,9,14H,8H2,1-3H3. The fourth-order valence-corrected chi connectivity index (χ4v) is 2.75. The van der Waals surface area contributed by atoms with Crippen molar-refractivity contribution in [3.05, 3.63) is 35.5 Å². The topological polar surface area (TPSA) is 49.9 Å². The number of para-hydroxylation sites is 1. The van der Waals surface area contributed by atoms with Crippen molar-refractivity contribution in [2.45, 2.75) is 31.8 Å². The van der Waals surface area contributed by atoms with Crippen LogP contribution in [0.2, 0.25) is 0 Å². The van der Waals surface area contributed by atoms with Crippen LogP contribution >= 0.6 is 0 Å². The van der Waals surface area contributed by atoms with E-state index in [1.165, 1.54) is 0 Å². The number of aryl methyl sites for hydroxylation is 1. The SMILES string of the molecule is Cc1cccc2cc(CS(=O)(=O)C(C)C)[nH]c12. The molecule has 0 aliphatic rings. The maximum atomic E-state index is 11.8. The molecule has 0 aliphatic carbocycles. The number of aromatic nitrogens is 1. The normalized spacial score (nSPS) is 12.5. The smallest absolute Gasteiger partial charge is 0.158 e. The molecule has 0 aliphatic heterocycles. The van der Waals surface area contributed by atoms with Gasteiger partial charge >= 0.3 is 0 Å². The Morgan fingerprint density at radius 2 is 2.00 bits per heavy atom. The van der Waals surface area contributed by atoms with Gasteiger partial charge in [0.1, 0.15) is 0 Å². The van der Waals surface area contributed by atoms with E-state index in [1.54, 1.807) is 13.8 Å². The summed E-state index contributed by atoms with van der Waals surface area (Å²) in [5, 5.41) is 0.731. The predicted octanol–water partition coefficient (Wildman–Crippen LogP) is 2.80. The second-order valence-corrected chi connectivity index (χ2v) is 7.25. The van der Waals surface area contributed by atoms with Crippen molar-refractivity contribution in [1.82, 2.24) is 4.98 Å². The third kappa shape index (κ3) is 2.36. The van der Waals surface area contributed by atoms with Crippen LogP contribution < -0.4 is 0 Å². The van der Waals surface area contributed by atoms with Crippen LogP contribution in [0.5, 0.6) is 0 Å².